The topological polar surface area (TPSA) is 97.2 Å². The number of rotatable bonds is 8. The number of benzene rings is 2. The van der Waals surface area contributed by atoms with Gasteiger partial charge >= 0.3 is 0 Å². The number of hydrogen-bond donors (Lipinski definition) is 2. The number of halogens is 1. The Morgan fingerprint density at radius 1 is 1.14 bits per heavy atom. The third-order valence-electron chi connectivity index (χ3n) is 3.86. The molecule has 1 aromatic heterocycles. The number of hydrogen-bond acceptors (Lipinski definition) is 6. The first-order valence-corrected chi connectivity index (χ1v) is 9.73. The summed E-state index contributed by atoms with van der Waals surface area (Å²) in [6.45, 7) is 0.713. The summed E-state index contributed by atoms with van der Waals surface area (Å²) in [6, 6.07) is 13.8. The molecule has 0 saturated heterocycles. The molecule has 7 nitrogen and oxygen atoms in total. The van der Waals surface area contributed by atoms with Gasteiger partial charge in [0.2, 0.25) is 5.91 Å². The second kappa shape index (κ2) is 9.29. The Bertz CT molecular complexity index is 993. The Morgan fingerprint density at radius 2 is 1.89 bits per heavy atom. The molecule has 0 fully saturated rings. The molecule has 9 heteroatoms. The Morgan fingerprint density at radius 3 is 2.68 bits per heavy atom. The lowest BCUT2D eigenvalue weighted by Crippen LogP contribution is -2.30. The molecule has 0 bridgehead atoms. The molecule has 0 atom stereocenters. The van der Waals surface area contributed by atoms with Crippen LogP contribution in [0.5, 0.6) is 0 Å². The first kappa shape index (κ1) is 19.8. The zero-order chi connectivity index (χ0) is 19.9. The lowest BCUT2D eigenvalue weighted by Gasteiger charge is -2.08. The number of carbonyl (C=O) groups excluding carboxylic acids is 1. The van der Waals surface area contributed by atoms with Gasteiger partial charge in [0.1, 0.15) is 10.7 Å². The van der Waals surface area contributed by atoms with Crippen molar-refractivity contribution in [1.82, 2.24) is 10.3 Å². The molecule has 2 N–H and O–H groups in total. The van der Waals surface area contributed by atoms with Gasteiger partial charge in [-0.15, -0.1) is 11.3 Å². The summed E-state index contributed by atoms with van der Waals surface area (Å²) < 4.78 is 0. The van der Waals surface area contributed by atoms with Crippen LogP contribution in [-0.4, -0.2) is 28.9 Å². The van der Waals surface area contributed by atoms with Crippen LogP contribution in [-0.2, 0) is 11.2 Å². The van der Waals surface area contributed by atoms with E-state index in [9.17, 15) is 14.9 Å². The molecule has 0 unspecified atom stereocenters. The average Bonchev–Trinajstić information content (AvgIpc) is 3.14. The first-order valence-electron chi connectivity index (χ1n) is 8.48. The minimum Gasteiger partial charge on any atom is -0.378 e. The van der Waals surface area contributed by atoms with Crippen LogP contribution in [0.25, 0.3) is 10.6 Å². The molecule has 3 aromatic rings. The first-order chi connectivity index (χ1) is 13.5. The van der Waals surface area contributed by atoms with E-state index >= 15 is 0 Å². The molecule has 144 valence electrons. The van der Waals surface area contributed by atoms with Gasteiger partial charge in [0.05, 0.1) is 22.1 Å². The highest BCUT2D eigenvalue weighted by Crippen LogP contribution is 2.30. The van der Waals surface area contributed by atoms with Gasteiger partial charge in [-0.25, -0.2) is 4.98 Å². The van der Waals surface area contributed by atoms with Crippen molar-refractivity contribution in [3.63, 3.8) is 0 Å². The summed E-state index contributed by atoms with van der Waals surface area (Å²) in [6.07, 6.45) is 0.159. The number of anilines is 1. The molecule has 0 aliphatic carbocycles. The van der Waals surface area contributed by atoms with Gasteiger partial charge in [-0.2, -0.15) is 0 Å². The van der Waals surface area contributed by atoms with E-state index in [4.69, 9.17) is 11.6 Å². The number of nitro groups is 1. The zero-order valence-corrected chi connectivity index (χ0v) is 16.3. The Labute approximate surface area is 170 Å². The molecule has 3 rings (SSSR count). The third kappa shape index (κ3) is 5.05. The van der Waals surface area contributed by atoms with Crippen LogP contribution in [0.2, 0.25) is 5.02 Å². The van der Waals surface area contributed by atoms with E-state index in [1.165, 1.54) is 17.4 Å². The molecule has 0 saturated carbocycles. The van der Waals surface area contributed by atoms with Crippen molar-refractivity contribution in [2.45, 2.75) is 6.42 Å². The van der Waals surface area contributed by atoms with Gasteiger partial charge in [0.15, 0.2) is 0 Å². The fourth-order valence-electron chi connectivity index (χ4n) is 2.55. The van der Waals surface area contributed by atoms with Crippen LogP contribution in [0.4, 0.5) is 11.4 Å². The maximum absolute atomic E-state index is 12.1. The van der Waals surface area contributed by atoms with E-state index in [1.54, 1.807) is 24.3 Å². The smallest absolute Gasteiger partial charge is 0.292 e. The Hall–Kier alpha value is -2.97. The van der Waals surface area contributed by atoms with Crippen molar-refractivity contribution >= 4 is 40.2 Å². The van der Waals surface area contributed by atoms with Crippen molar-refractivity contribution in [1.29, 1.82) is 0 Å². The van der Waals surface area contributed by atoms with Gasteiger partial charge in [0, 0.05) is 30.1 Å². The molecular formula is C19H17ClN4O3S. The fourth-order valence-corrected chi connectivity index (χ4v) is 3.69. The summed E-state index contributed by atoms with van der Waals surface area (Å²) in [7, 11) is 0. The second-order valence-corrected chi connectivity index (χ2v) is 7.12. The monoisotopic (exact) mass is 416 g/mol. The molecular weight excluding hydrogens is 400 g/mol. The molecule has 0 aliphatic rings. The van der Waals surface area contributed by atoms with Crippen molar-refractivity contribution < 1.29 is 9.72 Å². The van der Waals surface area contributed by atoms with Crippen LogP contribution in [0.3, 0.4) is 0 Å². The van der Waals surface area contributed by atoms with Crippen molar-refractivity contribution in [3.8, 4) is 10.6 Å². The summed E-state index contributed by atoms with van der Waals surface area (Å²) in [4.78, 5) is 27.1. The normalized spacial score (nSPS) is 10.5. The predicted molar refractivity (Wildman–Crippen MR) is 111 cm³/mol. The lowest BCUT2D eigenvalue weighted by atomic mass is 10.2. The third-order valence-corrected chi connectivity index (χ3v) is 5.12. The van der Waals surface area contributed by atoms with Crippen molar-refractivity contribution in [2.75, 3.05) is 18.4 Å². The minimum atomic E-state index is -0.445. The predicted octanol–water partition coefficient (Wildman–Crippen LogP) is 4.14. The number of aromatic nitrogens is 1. The van der Waals surface area contributed by atoms with Crippen LogP contribution >= 0.6 is 22.9 Å². The molecule has 0 spiro atoms. The van der Waals surface area contributed by atoms with Gasteiger partial charge in [-0.1, -0.05) is 41.9 Å². The van der Waals surface area contributed by atoms with Crippen LogP contribution in [0.1, 0.15) is 5.69 Å². The van der Waals surface area contributed by atoms with E-state index in [0.29, 0.717) is 29.5 Å². The maximum atomic E-state index is 12.1. The highest BCUT2D eigenvalue weighted by molar-refractivity contribution is 7.13. The number of carbonyl (C=O) groups is 1. The largest absolute Gasteiger partial charge is 0.378 e. The highest BCUT2D eigenvalue weighted by atomic mass is 35.5. The molecule has 2 aromatic carbocycles. The molecule has 0 aliphatic heterocycles. The van der Waals surface area contributed by atoms with Gasteiger partial charge in [0.25, 0.3) is 5.69 Å². The van der Waals surface area contributed by atoms with E-state index < -0.39 is 4.92 Å². The van der Waals surface area contributed by atoms with Crippen LogP contribution in [0, 0.1) is 10.1 Å². The second-order valence-electron chi connectivity index (χ2n) is 5.85. The van der Waals surface area contributed by atoms with E-state index in [2.05, 4.69) is 15.6 Å². The summed E-state index contributed by atoms with van der Waals surface area (Å²) in [5, 5.41) is 19.9. The zero-order valence-electron chi connectivity index (χ0n) is 14.7. The Balaban J connectivity index is 1.48. The minimum absolute atomic E-state index is 0.00315. The lowest BCUT2D eigenvalue weighted by molar-refractivity contribution is -0.384. The van der Waals surface area contributed by atoms with Crippen LogP contribution < -0.4 is 10.6 Å². The van der Waals surface area contributed by atoms with Crippen molar-refractivity contribution in [3.05, 3.63) is 74.7 Å². The Kier molecular flexibility index (Phi) is 6.57. The quantitative estimate of drug-likeness (QED) is 0.326. The SMILES string of the molecule is O=C(Cc1csc(-c2ccccc2Cl)n1)NCCNc1ccccc1[N+](=O)[O-]. The van der Waals surface area contributed by atoms with Gasteiger partial charge in [-0.05, 0) is 12.1 Å². The van der Waals surface area contributed by atoms with Gasteiger partial charge < -0.3 is 10.6 Å². The van der Waals surface area contributed by atoms with E-state index in [-0.39, 0.29) is 18.0 Å². The van der Waals surface area contributed by atoms with E-state index in [0.717, 1.165) is 10.6 Å². The molecule has 0 radical (unpaired) electrons. The van der Waals surface area contributed by atoms with Crippen LogP contribution in [0.15, 0.2) is 53.9 Å². The fraction of sp³-hybridized carbons (Fsp3) is 0.158. The number of amides is 1. The number of nitrogens with zero attached hydrogens (tertiary/aromatic N) is 2. The molecule has 1 heterocycles. The molecule has 28 heavy (non-hydrogen) atoms. The summed E-state index contributed by atoms with van der Waals surface area (Å²) in [5.41, 5.74) is 1.94. The van der Waals surface area contributed by atoms with E-state index in [1.807, 2.05) is 23.6 Å². The summed E-state index contributed by atoms with van der Waals surface area (Å²) in [5.74, 6) is -0.166. The average molecular weight is 417 g/mol. The number of nitro benzene ring substituents is 1. The van der Waals surface area contributed by atoms with Crippen molar-refractivity contribution in [2.24, 2.45) is 0 Å². The molecule has 1 amide bonds. The number of thiazole rings is 1. The van der Waals surface area contributed by atoms with Gasteiger partial charge in [-0.3, -0.25) is 14.9 Å². The number of para-hydroxylation sites is 2. The standard InChI is InChI=1S/C19H17ClN4O3S/c20-15-6-2-1-5-14(15)19-23-13(12-28-19)11-18(25)22-10-9-21-16-7-3-4-8-17(16)24(26)27/h1-8,12,21H,9-11H2,(H,22,25). The number of nitrogens with one attached hydrogen (secondary N) is 2. The summed E-state index contributed by atoms with van der Waals surface area (Å²) >= 11 is 7.61. The highest BCUT2D eigenvalue weighted by Gasteiger charge is 2.12. The maximum Gasteiger partial charge on any atom is 0.292 e.